The molecule has 0 aliphatic carbocycles. The molecule has 0 saturated heterocycles. The van der Waals surface area contributed by atoms with Crippen LogP contribution in [0.3, 0.4) is 0 Å². The average molecular weight is 275 g/mol. The van der Waals surface area contributed by atoms with Crippen molar-refractivity contribution in [1.82, 2.24) is 19.9 Å². The summed E-state index contributed by atoms with van der Waals surface area (Å²) in [6.07, 6.45) is 3.38. The molecule has 2 aromatic heterocycles. The van der Waals surface area contributed by atoms with Gasteiger partial charge in [0.25, 0.3) is 0 Å². The van der Waals surface area contributed by atoms with Gasteiger partial charge in [0.1, 0.15) is 5.82 Å². The zero-order valence-corrected chi connectivity index (χ0v) is 11.2. The lowest BCUT2D eigenvalue weighted by Gasteiger charge is -1.99. The van der Waals surface area contributed by atoms with E-state index in [9.17, 15) is 0 Å². The van der Waals surface area contributed by atoms with Crippen molar-refractivity contribution >= 4 is 22.1 Å². The fourth-order valence-corrected chi connectivity index (χ4v) is 2.43. The van der Waals surface area contributed by atoms with Crippen molar-refractivity contribution in [1.29, 1.82) is 0 Å². The van der Waals surface area contributed by atoms with Crippen molar-refractivity contribution in [2.24, 2.45) is 5.73 Å². The van der Waals surface area contributed by atoms with Crippen molar-refractivity contribution in [3.8, 4) is 11.4 Å². The van der Waals surface area contributed by atoms with E-state index in [0.717, 1.165) is 39.0 Å². The molecule has 0 spiro atoms. The van der Waals surface area contributed by atoms with Crippen LogP contribution in [0.15, 0.2) is 48.8 Å². The van der Waals surface area contributed by atoms with Gasteiger partial charge in [0.15, 0.2) is 0 Å². The molecule has 2 aromatic carbocycles. The van der Waals surface area contributed by atoms with E-state index in [2.05, 4.69) is 19.9 Å². The molecule has 5 nitrogen and oxygen atoms in total. The summed E-state index contributed by atoms with van der Waals surface area (Å²) in [5.41, 5.74) is 11.4. The second-order valence-corrected chi connectivity index (χ2v) is 4.90. The van der Waals surface area contributed by atoms with Gasteiger partial charge < -0.3 is 10.7 Å². The maximum absolute atomic E-state index is 5.67. The number of hydrogen-bond donors (Lipinski definition) is 2. The highest BCUT2D eigenvalue weighted by atomic mass is 14.9. The summed E-state index contributed by atoms with van der Waals surface area (Å²) in [5.74, 6) is 0.826. The third kappa shape index (κ3) is 2.04. The zero-order valence-electron chi connectivity index (χ0n) is 11.2. The first-order valence-electron chi connectivity index (χ1n) is 6.73. The number of imidazole rings is 1. The summed E-state index contributed by atoms with van der Waals surface area (Å²) in [7, 11) is 0. The SMILES string of the molecule is NCc1ccc2nc(-c3ccc4nccnc4c3)[nH]c2c1. The highest BCUT2D eigenvalue weighted by molar-refractivity contribution is 5.83. The molecule has 0 aliphatic heterocycles. The lowest BCUT2D eigenvalue weighted by molar-refractivity contribution is 1.07. The largest absolute Gasteiger partial charge is 0.338 e. The molecule has 0 fully saturated rings. The molecule has 21 heavy (non-hydrogen) atoms. The maximum atomic E-state index is 5.67. The van der Waals surface area contributed by atoms with Gasteiger partial charge in [-0.05, 0) is 35.9 Å². The smallest absolute Gasteiger partial charge is 0.138 e. The van der Waals surface area contributed by atoms with Crippen molar-refractivity contribution in [2.45, 2.75) is 6.54 Å². The summed E-state index contributed by atoms with van der Waals surface area (Å²) < 4.78 is 0. The standard InChI is InChI=1S/C16H13N5/c17-9-10-1-3-13-15(7-10)21-16(20-13)11-2-4-12-14(8-11)19-6-5-18-12/h1-8H,9,17H2,(H,20,21). The van der Waals surface area contributed by atoms with Gasteiger partial charge in [-0.15, -0.1) is 0 Å². The minimum absolute atomic E-state index is 0.524. The predicted molar refractivity (Wildman–Crippen MR) is 82.5 cm³/mol. The van der Waals surface area contributed by atoms with Gasteiger partial charge in [0.2, 0.25) is 0 Å². The van der Waals surface area contributed by atoms with Crippen LogP contribution in [0.5, 0.6) is 0 Å². The third-order valence-electron chi connectivity index (χ3n) is 3.52. The molecule has 0 bridgehead atoms. The summed E-state index contributed by atoms with van der Waals surface area (Å²) >= 11 is 0. The van der Waals surface area contributed by atoms with Crippen LogP contribution in [0.25, 0.3) is 33.5 Å². The van der Waals surface area contributed by atoms with Crippen LogP contribution in [0.2, 0.25) is 0 Å². The van der Waals surface area contributed by atoms with Crippen molar-refractivity contribution in [2.75, 3.05) is 0 Å². The highest BCUT2D eigenvalue weighted by Gasteiger charge is 2.07. The molecule has 5 heteroatoms. The van der Waals surface area contributed by atoms with Crippen LogP contribution in [0.4, 0.5) is 0 Å². The van der Waals surface area contributed by atoms with E-state index in [1.54, 1.807) is 12.4 Å². The number of nitrogens with zero attached hydrogens (tertiary/aromatic N) is 3. The Labute approximate surface area is 120 Å². The quantitative estimate of drug-likeness (QED) is 0.589. The fourth-order valence-electron chi connectivity index (χ4n) is 2.43. The maximum Gasteiger partial charge on any atom is 0.138 e. The zero-order chi connectivity index (χ0) is 14.2. The van der Waals surface area contributed by atoms with E-state index in [1.807, 2.05) is 36.4 Å². The highest BCUT2D eigenvalue weighted by Crippen LogP contribution is 2.23. The first-order valence-corrected chi connectivity index (χ1v) is 6.73. The summed E-state index contributed by atoms with van der Waals surface area (Å²) in [4.78, 5) is 16.6. The third-order valence-corrected chi connectivity index (χ3v) is 3.52. The number of fused-ring (bicyclic) bond motifs is 2. The number of aromatic amines is 1. The van der Waals surface area contributed by atoms with E-state index < -0.39 is 0 Å². The second-order valence-electron chi connectivity index (χ2n) is 4.90. The first-order chi connectivity index (χ1) is 10.3. The topological polar surface area (TPSA) is 80.5 Å². The Bertz CT molecular complexity index is 942. The van der Waals surface area contributed by atoms with Crippen LogP contribution in [0, 0.1) is 0 Å². The Morgan fingerprint density at radius 3 is 2.57 bits per heavy atom. The first kappa shape index (κ1) is 12.0. The van der Waals surface area contributed by atoms with Gasteiger partial charge in [0.05, 0.1) is 22.1 Å². The number of hydrogen-bond acceptors (Lipinski definition) is 4. The van der Waals surface area contributed by atoms with Crippen LogP contribution < -0.4 is 5.73 Å². The van der Waals surface area contributed by atoms with E-state index >= 15 is 0 Å². The monoisotopic (exact) mass is 275 g/mol. The fraction of sp³-hybridized carbons (Fsp3) is 0.0625. The van der Waals surface area contributed by atoms with E-state index in [1.165, 1.54) is 0 Å². The summed E-state index contributed by atoms with van der Waals surface area (Å²) in [6, 6.07) is 12.0. The molecule has 0 saturated carbocycles. The summed E-state index contributed by atoms with van der Waals surface area (Å²) in [6.45, 7) is 0.524. The molecule has 102 valence electrons. The minimum atomic E-state index is 0.524. The number of nitrogens with one attached hydrogen (secondary N) is 1. The summed E-state index contributed by atoms with van der Waals surface area (Å²) in [5, 5.41) is 0. The Morgan fingerprint density at radius 1 is 0.905 bits per heavy atom. The van der Waals surface area contributed by atoms with Crippen molar-refractivity contribution in [3.05, 3.63) is 54.4 Å². The number of rotatable bonds is 2. The van der Waals surface area contributed by atoms with E-state index in [4.69, 9.17) is 5.73 Å². The normalized spacial score (nSPS) is 11.3. The number of nitrogens with two attached hydrogens (primary N) is 1. The molecular formula is C16H13N5. The minimum Gasteiger partial charge on any atom is -0.338 e. The predicted octanol–water partition coefficient (Wildman–Crippen LogP) is 2.63. The van der Waals surface area contributed by atoms with Gasteiger partial charge in [-0.1, -0.05) is 6.07 Å². The Hall–Kier alpha value is -2.79. The molecule has 3 N–H and O–H groups in total. The van der Waals surface area contributed by atoms with E-state index in [-0.39, 0.29) is 0 Å². The number of aromatic nitrogens is 4. The van der Waals surface area contributed by atoms with Gasteiger partial charge >= 0.3 is 0 Å². The molecule has 0 unspecified atom stereocenters. The molecular weight excluding hydrogens is 262 g/mol. The van der Waals surface area contributed by atoms with Gasteiger partial charge in [-0.3, -0.25) is 9.97 Å². The van der Waals surface area contributed by atoms with Crippen molar-refractivity contribution in [3.63, 3.8) is 0 Å². The second kappa shape index (κ2) is 4.64. The van der Waals surface area contributed by atoms with Crippen LogP contribution in [-0.4, -0.2) is 19.9 Å². The van der Waals surface area contributed by atoms with Gasteiger partial charge in [-0.2, -0.15) is 0 Å². The molecule has 0 aliphatic rings. The molecule has 0 amide bonds. The molecule has 4 aromatic rings. The Morgan fingerprint density at radius 2 is 1.71 bits per heavy atom. The Balaban J connectivity index is 1.87. The van der Waals surface area contributed by atoms with Crippen LogP contribution in [0.1, 0.15) is 5.56 Å². The molecule has 4 rings (SSSR count). The number of benzene rings is 2. The lowest BCUT2D eigenvalue weighted by Crippen LogP contribution is -1.95. The molecule has 0 radical (unpaired) electrons. The van der Waals surface area contributed by atoms with Crippen molar-refractivity contribution < 1.29 is 0 Å². The lowest BCUT2D eigenvalue weighted by atomic mass is 10.2. The van der Waals surface area contributed by atoms with Gasteiger partial charge in [0, 0.05) is 24.5 Å². The number of H-pyrrole nitrogens is 1. The van der Waals surface area contributed by atoms with Crippen LogP contribution in [-0.2, 0) is 6.54 Å². The average Bonchev–Trinajstić information content (AvgIpc) is 2.97. The van der Waals surface area contributed by atoms with Crippen LogP contribution >= 0.6 is 0 Å². The van der Waals surface area contributed by atoms with E-state index in [0.29, 0.717) is 6.54 Å². The molecule has 2 heterocycles. The molecule has 0 atom stereocenters. The van der Waals surface area contributed by atoms with Gasteiger partial charge in [-0.25, -0.2) is 4.98 Å². The Kier molecular flexibility index (Phi) is 2.65.